The number of H-pyrrole nitrogens is 1. The summed E-state index contributed by atoms with van der Waals surface area (Å²) in [6.07, 6.45) is 1.37. The van der Waals surface area contributed by atoms with Crippen LogP contribution in [0.15, 0.2) is 24.5 Å². The number of hydrogen-bond donors (Lipinski definition) is 3. The molecule has 6 rings (SSSR count). The molecule has 1 amide bonds. The summed E-state index contributed by atoms with van der Waals surface area (Å²) in [5.41, 5.74) is 1.89. The van der Waals surface area contributed by atoms with Gasteiger partial charge in [-0.2, -0.15) is 5.10 Å². The third-order valence-electron chi connectivity index (χ3n) is 6.81. The molecular formula is C23H29FN8O4. The van der Waals surface area contributed by atoms with Crippen molar-refractivity contribution in [3.8, 4) is 0 Å². The molecule has 192 valence electrons. The van der Waals surface area contributed by atoms with Crippen molar-refractivity contribution in [2.45, 2.75) is 50.2 Å². The number of amides is 1. The second-order valence-electron chi connectivity index (χ2n) is 9.78. The molecule has 13 heteroatoms. The summed E-state index contributed by atoms with van der Waals surface area (Å²) in [6, 6.07) is 3.50. The number of fused-ring (bicyclic) bond motifs is 1. The normalized spacial score (nSPS) is 25.7. The van der Waals surface area contributed by atoms with E-state index in [4.69, 9.17) is 19.2 Å². The zero-order valence-electron chi connectivity index (χ0n) is 19.9. The molecule has 0 radical (unpaired) electrons. The van der Waals surface area contributed by atoms with Gasteiger partial charge in [0.2, 0.25) is 5.95 Å². The summed E-state index contributed by atoms with van der Waals surface area (Å²) in [6.45, 7) is 5.84. The Balaban J connectivity index is 1.11. The van der Waals surface area contributed by atoms with Crippen LogP contribution in [0.2, 0.25) is 0 Å². The van der Waals surface area contributed by atoms with E-state index in [-0.39, 0.29) is 12.1 Å². The molecule has 5 heterocycles. The SMILES string of the molecule is CC1(NC(=O)O[C@@H]2CO[C@H](c3cc(Nc4nccc5nc(CN6CCOCC6)cn45)n[nH]3)[C@H]2F)CC1. The van der Waals surface area contributed by atoms with Gasteiger partial charge in [-0.1, -0.05) is 0 Å². The van der Waals surface area contributed by atoms with Crippen molar-refractivity contribution < 1.29 is 23.4 Å². The largest absolute Gasteiger partial charge is 0.441 e. The Morgan fingerprint density at radius 2 is 2.19 bits per heavy atom. The Hall–Kier alpha value is -3.29. The lowest BCUT2D eigenvalue weighted by Crippen LogP contribution is -2.39. The molecular weight excluding hydrogens is 471 g/mol. The Bertz CT molecular complexity index is 1240. The molecule has 0 spiro atoms. The fraction of sp³-hybridized carbons (Fsp3) is 0.565. The second-order valence-corrected chi connectivity index (χ2v) is 9.78. The van der Waals surface area contributed by atoms with E-state index in [2.05, 4.69) is 30.7 Å². The molecule has 3 aromatic rings. The molecule has 3 N–H and O–H groups in total. The summed E-state index contributed by atoms with van der Waals surface area (Å²) >= 11 is 0. The number of anilines is 2. The first kappa shape index (κ1) is 23.1. The lowest BCUT2D eigenvalue weighted by Gasteiger charge is -2.25. The summed E-state index contributed by atoms with van der Waals surface area (Å²) in [5.74, 6) is 0.981. The number of alkyl halides is 1. The quantitative estimate of drug-likeness (QED) is 0.446. The average Bonchev–Trinajstić information content (AvgIpc) is 3.20. The molecule has 36 heavy (non-hydrogen) atoms. The first-order valence-electron chi connectivity index (χ1n) is 12.2. The lowest BCUT2D eigenvalue weighted by atomic mass is 10.1. The molecule has 2 saturated heterocycles. The highest BCUT2D eigenvalue weighted by Crippen LogP contribution is 2.36. The number of nitrogens with one attached hydrogen (secondary N) is 3. The van der Waals surface area contributed by atoms with Crippen LogP contribution in [0, 0.1) is 0 Å². The minimum absolute atomic E-state index is 0.0282. The van der Waals surface area contributed by atoms with E-state index in [1.165, 1.54) is 0 Å². The number of hydrogen-bond acceptors (Lipinski definition) is 9. The predicted molar refractivity (Wildman–Crippen MR) is 126 cm³/mol. The molecule has 12 nitrogen and oxygen atoms in total. The molecule has 0 unspecified atom stereocenters. The number of imidazole rings is 1. The lowest BCUT2D eigenvalue weighted by molar-refractivity contribution is 0.0337. The molecule has 3 aliphatic rings. The van der Waals surface area contributed by atoms with Crippen molar-refractivity contribution in [1.82, 2.24) is 34.8 Å². The molecule has 3 fully saturated rings. The topological polar surface area (TPSA) is 131 Å². The highest BCUT2D eigenvalue weighted by Gasteiger charge is 2.44. The van der Waals surface area contributed by atoms with Gasteiger partial charge in [0.05, 0.1) is 31.2 Å². The van der Waals surface area contributed by atoms with Crippen LogP contribution in [0.1, 0.15) is 37.3 Å². The number of ether oxygens (including phenoxy) is 3. The first-order valence-corrected chi connectivity index (χ1v) is 12.2. The number of alkyl carbamates (subject to hydrolysis) is 1. The number of rotatable bonds is 7. The van der Waals surface area contributed by atoms with Crippen molar-refractivity contribution >= 4 is 23.5 Å². The third-order valence-corrected chi connectivity index (χ3v) is 6.81. The van der Waals surface area contributed by atoms with E-state index in [0.717, 1.165) is 57.0 Å². The number of carbonyl (C=O) groups is 1. The number of aromatic amines is 1. The summed E-state index contributed by atoms with van der Waals surface area (Å²) in [7, 11) is 0. The Morgan fingerprint density at radius 3 is 3.00 bits per heavy atom. The molecule has 3 atom stereocenters. The van der Waals surface area contributed by atoms with Crippen molar-refractivity contribution in [3.63, 3.8) is 0 Å². The van der Waals surface area contributed by atoms with Crippen LogP contribution in [-0.2, 0) is 20.8 Å². The number of halogens is 1. The van der Waals surface area contributed by atoms with Gasteiger partial charge in [0.15, 0.2) is 18.1 Å². The van der Waals surface area contributed by atoms with Gasteiger partial charge in [-0.05, 0) is 25.8 Å². The molecule has 3 aromatic heterocycles. The fourth-order valence-corrected chi connectivity index (χ4v) is 4.45. The van der Waals surface area contributed by atoms with Gasteiger partial charge in [-0.15, -0.1) is 0 Å². The Labute approximate surface area is 206 Å². The van der Waals surface area contributed by atoms with Crippen LogP contribution in [0.4, 0.5) is 21.0 Å². The summed E-state index contributed by atoms with van der Waals surface area (Å²) in [5, 5.41) is 13.0. The van der Waals surface area contributed by atoms with Gasteiger partial charge in [0.1, 0.15) is 11.8 Å². The zero-order valence-corrected chi connectivity index (χ0v) is 19.9. The first-order chi connectivity index (χ1) is 17.5. The smallest absolute Gasteiger partial charge is 0.408 e. The van der Waals surface area contributed by atoms with Gasteiger partial charge in [-0.25, -0.2) is 19.2 Å². The zero-order chi connectivity index (χ0) is 24.7. The van der Waals surface area contributed by atoms with Gasteiger partial charge in [-0.3, -0.25) is 14.4 Å². The minimum atomic E-state index is -1.52. The van der Waals surface area contributed by atoms with E-state index in [1.54, 1.807) is 12.3 Å². The number of nitrogens with zero attached hydrogens (tertiary/aromatic N) is 5. The van der Waals surface area contributed by atoms with Crippen molar-refractivity contribution in [3.05, 3.63) is 35.9 Å². The maximum Gasteiger partial charge on any atom is 0.408 e. The number of aromatic nitrogens is 5. The second kappa shape index (κ2) is 9.30. The van der Waals surface area contributed by atoms with Gasteiger partial charge in [0.25, 0.3) is 0 Å². The summed E-state index contributed by atoms with van der Waals surface area (Å²) < 4.78 is 33.2. The van der Waals surface area contributed by atoms with Crippen LogP contribution in [0.5, 0.6) is 0 Å². The monoisotopic (exact) mass is 500 g/mol. The molecule has 0 bridgehead atoms. The molecule has 2 aliphatic heterocycles. The number of morpholine rings is 1. The highest BCUT2D eigenvalue weighted by atomic mass is 19.1. The van der Waals surface area contributed by atoms with Crippen LogP contribution in [0.3, 0.4) is 0 Å². The maximum absolute atomic E-state index is 15.1. The summed E-state index contributed by atoms with van der Waals surface area (Å²) in [4.78, 5) is 23.5. The van der Waals surface area contributed by atoms with Crippen molar-refractivity contribution in [2.75, 3.05) is 38.2 Å². The Morgan fingerprint density at radius 1 is 1.36 bits per heavy atom. The Kier molecular flexibility index (Phi) is 5.97. The van der Waals surface area contributed by atoms with Crippen LogP contribution in [-0.4, -0.2) is 86.3 Å². The van der Waals surface area contributed by atoms with E-state index in [9.17, 15) is 4.79 Å². The van der Waals surface area contributed by atoms with E-state index >= 15 is 4.39 Å². The van der Waals surface area contributed by atoms with E-state index in [0.29, 0.717) is 17.5 Å². The standard InChI is InChI=1S/C23H29FN8O4/c1-23(3-4-23)28-22(33)36-16-13-35-20(19(16)24)15-10-17(30-29-15)27-21-25-5-2-18-26-14(12-32(18)21)11-31-6-8-34-9-7-31/h2,5,10,12,16,19-20H,3-4,6-9,11,13H2,1H3,(H,28,33)(H2,25,27,29,30)/t16-,19+,20-/m1/s1. The van der Waals surface area contributed by atoms with E-state index in [1.807, 2.05) is 23.6 Å². The van der Waals surface area contributed by atoms with Gasteiger partial charge in [0, 0.05) is 43.6 Å². The molecule has 0 aromatic carbocycles. The average molecular weight is 501 g/mol. The van der Waals surface area contributed by atoms with Crippen LogP contribution < -0.4 is 10.6 Å². The molecule has 1 saturated carbocycles. The van der Waals surface area contributed by atoms with Gasteiger partial charge < -0.3 is 24.8 Å². The van der Waals surface area contributed by atoms with Crippen LogP contribution in [0.25, 0.3) is 5.65 Å². The van der Waals surface area contributed by atoms with Crippen molar-refractivity contribution in [1.29, 1.82) is 0 Å². The van der Waals surface area contributed by atoms with E-state index < -0.39 is 24.5 Å². The minimum Gasteiger partial charge on any atom is -0.441 e. The third kappa shape index (κ3) is 4.86. The van der Waals surface area contributed by atoms with Crippen LogP contribution >= 0.6 is 0 Å². The fourth-order valence-electron chi connectivity index (χ4n) is 4.45. The predicted octanol–water partition coefficient (Wildman–Crippen LogP) is 2.08. The van der Waals surface area contributed by atoms with Crippen molar-refractivity contribution in [2.24, 2.45) is 0 Å². The van der Waals surface area contributed by atoms with Gasteiger partial charge >= 0.3 is 6.09 Å². The molecule has 1 aliphatic carbocycles. The highest BCUT2D eigenvalue weighted by molar-refractivity contribution is 5.69. The number of carbonyl (C=O) groups excluding carboxylic acids is 1. The maximum atomic E-state index is 15.1.